The Bertz CT molecular complexity index is 496. The number of thiophene rings is 1. The van der Waals surface area contributed by atoms with Crippen LogP contribution in [0.4, 0.5) is 0 Å². The molecule has 21 heavy (non-hydrogen) atoms. The number of rotatable bonds is 6. The normalized spacial score (nSPS) is 17.5. The van der Waals surface area contributed by atoms with Crippen LogP contribution in [0.5, 0.6) is 0 Å². The van der Waals surface area contributed by atoms with Crippen LogP contribution in [-0.4, -0.2) is 29.8 Å². The molecule has 4 nitrogen and oxygen atoms in total. The van der Waals surface area contributed by atoms with Gasteiger partial charge in [0.1, 0.15) is 0 Å². The third-order valence-electron chi connectivity index (χ3n) is 3.69. The molecule has 0 spiro atoms. The molecule has 1 aromatic heterocycles. The van der Waals surface area contributed by atoms with Crippen LogP contribution in [0.2, 0.25) is 0 Å². The second kappa shape index (κ2) is 7.98. The maximum Gasteiger partial charge on any atom is 0.239 e. The van der Waals surface area contributed by atoms with Crippen LogP contribution in [-0.2, 0) is 16.1 Å². The summed E-state index contributed by atoms with van der Waals surface area (Å²) in [5.74, 6) is 0.0538. The smallest absolute Gasteiger partial charge is 0.239 e. The number of carbonyl (C=O) groups is 2. The zero-order chi connectivity index (χ0) is 15.1. The predicted molar refractivity (Wildman–Crippen MR) is 84.9 cm³/mol. The van der Waals surface area contributed by atoms with Crippen molar-refractivity contribution in [3.05, 3.63) is 34.5 Å². The molecule has 2 amide bonds. The fourth-order valence-corrected chi connectivity index (χ4v) is 3.09. The molecule has 2 rings (SSSR count). The Morgan fingerprint density at radius 1 is 1.43 bits per heavy atom. The quantitative estimate of drug-likeness (QED) is 0.821. The van der Waals surface area contributed by atoms with Crippen LogP contribution in [0.25, 0.3) is 0 Å². The summed E-state index contributed by atoms with van der Waals surface area (Å²) < 4.78 is 0. The molecule has 1 atom stereocenters. The first-order valence-corrected chi connectivity index (χ1v) is 8.31. The number of hydrogen-bond acceptors (Lipinski definition) is 3. The van der Waals surface area contributed by atoms with Gasteiger partial charge in [-0.2, -0.15) is 0 Å². The standard InChI is InChI=1S/C16H22N2O2S/c1-2-18(16(20)13-7-4-3-5-8-13)12-15(19)17-11-14-9-6-10-21-14/h3-4,6,9-10,13H,2,5,7-8,11-12H2,1H3,(H,17,19)/t13-/m0/s1. The summed E-state index contributed by atoms with van der Waals surface area (Å²) in [6, 6.07) is 3.95. The van der Waals surface area contributed by atoms with Gasteiger partial charge in [-0.3, -0.25) is 9.59 Å². The van der Waals surface area contributed by atoms with E-state index >= 15 is 0 Å². The highest BCUT2D eigenvalue weighted by atomic mass is 32.1. The molecule has 0 saturated carbocycles. The van der Waals surface area contributed by atoms with E-state index in [0.717, 1.165) is 24.1 Å². The number of allylic oxidation sites excluding steroid dienone is 2. The van der Waals surface area contributed by atoms with Crippen molar-refractivity contribution < 1.29 is 9.59 Å². The first-order valence-electron chi connectivity index (χ1n) is 7.43. The summed E-state index contributed by atoms with van der Waals surface area (Å²) in [6.45, 7) is 3.18. The Morgan fingerprint density at radius 3 is 2.90 bits per heavy atom. The highest BCUT2D eigenvalue weighted by Crippen LogP contribution is 2.20. The van der Waals surface area contributed by atoms with E-state index in [1.807, 2.05) is 24.4 Å². The maximum atomic E-state index is 12.4. The molecular weight excluding hydrogens is 284 g/mol. The molecule has 114 valence electrons. The van der Waals surface area contributed by atoms with Crippen LogP contribution in [0, 0.1) is 5.92 Å². The van der Waals surface area contributed by atoms with Crippen molar-refractivity contribution in [1.82, 2.24) is 10.2 Å². The minimum absolute atomic E-state index is 0.0417. The Kier molecular flexibility index (Phi) is 5.99. The lowest BCUT2D eigenvalue weighted by molar-refractivity contribution is -0.139. The lowest BCUT2D eigenvalue weighted by Gasteiger charge is -2.26. The zero-order valence-corrected chi connectivity index (χ0v) is 13.2. The summed E-state index contributed by atoms with van der Waals surface area (Å²) >= 11 is 1.62. The van der Waals surface area contributed by atoms with Gasteiger partial charge in [0.2, 0.25) is 11.8 Å². The van der Waals surface area contributed by atoms with E-state index in [0.29, 0.717) is 13.1 Å². The van der Waals surface area contributed by atoms with Crippen LogP contribution in [0.15, 0.2) is 29.7 Å². The summed E-state index contributed by atoms with van der Waals surface area (Å²) in [4.78, 5) is 27.2. The number of hydrogen-bond donors (Lipinski definition) is 1. The molecule has 0 aromatic carbocycles. The molecular formula is C16H22N2O2S. The molecule has 0 aliphatic heterocycles. The average Bonchev–Trinajstić information content (AvgIpc) is 3.04. The minimum atomic E-state index is -0.0926. The monoisotopic (exact) mass is 306 g/mol. The Hall–Kier alpha value is -1.62. The van der Waals surface area contributed by atoms with Crippen LogP contribution in [0.1, 0.15) is 31.1 Å². The van der Waals surface area contributed by atoms with Gasteiger partial charge in [0.15, 0.2) is 0 Å². The van der Waals surface area contributed by atoms with Gasteiger partial charge in [0, 0.05) is 17.3 Å². The van der Waals surface area contributed by atoms with Gasteiger partial charge in [0.25, 0.3) is 0 Å². The predicted octanol–water partition coefficient (Wildman–Crippen LogP) is 2.57. The number of amides is 2. The first-order chi connectivity index (χ1) is 10.2. The largest absolute Gasteiger partial charge is 0.350 e. The summed E-state index contributed by atoms with van der Waals surface area (Å²) in [5.41, 5.74) is 0. The number of nitrogens with zero attached hydrogens (tertiary/aromatic N) is 1. The van der Waals surface area contributed by atoms with Crippen molar-refractivity contribution in [1.29, 1.82) is 0 Å². The number of likely N-dealkylation sites (N-methyl/N-ethyl adjacent to an activating group) is 1. The van der Waals surface area contributed by atoms with Crippen molar-refractivity contribution in [2.24, 2.45) is 5.92 Å². The zero-order valence-electron chi connectivity index (χ0n) is 12.4. The molecule has 1 aromatic rings. The Morgan fingerprint density at radius 2 is 2.29 bits per heavy atom. The highest BCUT2D eigenvalue weighted by Gasteiger charge is 2.24. The first kappa shape index (κ1) is 15.8. The van der Waals surface area contributed by atoms with Gasteiger partial charge >= 0.3 is 0 Å². The molecule has 0 radical (unpaired) electrons. The van der Waals surface area contributed by atoms with E-state index in [2.05, 4.69) is 17.5 Å². The Balaban J connectivity index is 1.81. The van der Waals surface area contributed by atoms with E-state index in [9.17, 15) is 9.59 Å². The van der Waals surface area contributed by atoms with Crippen molar-refractivity contribution in [3.8, 4) is 0 Å². The van der Waals surface area contributed by atoms with Gasteiger partial charge in [0.05, 0.1) is 13.1 Å². The number of carbonyl (C=O) groups excluding carboxylic acids is 2. The molecule has 1 heterocycles. The van der Waals surface area contributed by atoms with Gasteiger partial charge in [-0.05, 0) is 37.6 Å². The van der Waals surface area contributed by atoms with Crippen molar-refractivity contribution in [2.75, 3.05) is 13.1 Å². The van der Waals surface area contributed by atoms with Gasteiger partial charge in [-0.15, -0.1) is 11.3 Å². The molecule has 0 saturated heterocycles. The third kappa shape index (κ3) is 4.70. The minimum Gasteiger partial charge on any atom is -0.350 e. The summed E-state index contributed by atoms with van der Waals surface area (Å²) in [7, 11) is 0. The van der Waals surface area contributed by atoms with E-state index in [4.69, 9.17) is 0 Å². The van der Waals surface area contributed by atoms with Gasteiger partial charge in [-0.1, -0.05) is 18.2 Å². The molecule has 0 unspecified atom stereocenters. The van der Waals surface area contributed by atoms with Crippen molar-refractivity contribution in [3.63, 3.8) is 0 Å². The maximum absolute atomic E-state index is 12.4. The summed E-state index contributed by atoms with van der Waals surface area (Å²) in [6.07, 6.45) is 6.83. The molecule has 0 fully saturated rings. The van der Waals surface area contributed by atoms with Crippen LogP contribution >= 0.6 is 11.3 Å². The van der Waals surface area contributed by atoms with E-state index in [1.165, 1.54) is 0 Å². The van der Waals surface area contributed by atoms with Crippen molar-refractivity contribution in [2.45, 2.75) is 32.7 Å². The lowest BCUT2D eigenvalue weighted by Crippen LogP contribution is -2.43. The fourth-order valence-electron chi connectivity index (χ4n) is 2.45. The van der Waals surface area contributed by atoms with E-state index in [-0.39, 0.29) is 24.3 Å². The Labute approximate surface area is 129 Å². The molecule has 1 aliphatic carbocycles. The molecule has 1 N–H and O–H groups in total. The second-order valence-corrected chi connectivity index (χ2v) is 6.22. The molecule has 5 heteroatoms. The topological polar surface area (TPSA) is 49.4 Å². The van der Waals surface area contributed by atoms with E-state index in [1.54, 1.807) is 16.2 Å². The fraction of sp³-hybridized carbons (Fsp3) is 0.500. The highest BCUT2D eigenvalue weighted by molar-refractivity contribution is 7.09. The third-order valence-corrected chi connectivity index (χ3v) is 4.56. The van der Waals surface area contributed by atoms with Crippen LogP contribution < -0.4 is 5.32 Å². The lowest BCUT2D eigenvalue weighted by atomic mass is 9.93. The van der Waals surface area contributed by atoms with Crippen molar-refractivity contribution >= 4 is 23.2 Å². The SMILES string of the molecule is CCN(CC(=O)NCc1cccs1)C(=O)[C@H]1CC=CCC1. The van der Waals surface area contributed by atoms with Crippen LogP contribution in [0.3, 0.4) is 0 Å². The van der Waals surface area contributed by atoms with Gasteiger partial charge < -0.3 is 10.2 Å². The number of nitrogens with one attached hydrogen (secondary N) is 1. The average molecular weight is 306 g/mol. The molecule has 1 aliphatic rings. The molecule has 0 bridgehead atoms. The van der Waals surface area contributed by atoms with E-state index < -0.39 is 0 Å². The van der Waals surface area contributed by atoms with Gasteiger partial charge in [-0.25, -0.2) is 0 Å². The summed E-state index contributed by atoms with van der Waals surface area (Å²) in [5, 5.41) is 4.86. The second-order valence-electron chi connectivity index (χ2n) is 5.19.